The second-order valence-electron chi connectivity index (χ2n) is 4.49. The number of hydrogen-bond acceptors (Lipinski definition) is 5. The summed E-state index contributed by atoms with van der Waals surface area (Å²) in [5, 5.41) is 9.86. The lowest BCUT2D eigenvalue weighted by atomic mass is 10.2. The molecular weight excluding hydrogens is 288 g/mol. The molecule has 6 heteroatoms. The van der Waals surface area contributed by atoms with Gasteiger partial charge in [0, 0.05) is 0 Å². The average Bonchev–Trinajstić information content (AvgIpc) is 2.84. The molecule has 2 aromatic heterocycles. The Balaban J connectivity index is 1.97. The van der Waals surface area contributed by atoms with Crippen molar-refractivity contribution in [3.8, 4) is 5.88 Å². The van der Waals surface area contributed by atoms with Gasteiger partial charge >= 0.3 is 5.97 Å². The van der Waals surface area contributed by atoms with Gasteiger partial charge in [0.25, 0.3) is 0 Å². The number of benzene rings is 1. The van der Waals surface area contributed by atoms with Gasteiger partial charge in [0.1, 0.15) is 22.6 Å². The van der Waals surface area contributed by atoms with E-state index in [0.717, 1.165) is 16.9 Å². The van der Waals surface area contributed by atoms with Crippen LogP contribution in [0, 0.1) is 6.92 Å². The van der Waals surface area contributed by atoms with E-state index < -0.39 is 5.97 Å². The molecule has 0 radical (unpaired) electrons. The number of ether oxygens (including phenoxy) is 1. The summed E-state index contributed by atoms with van der Waals surface area (Å²) >= 11 is 1.14. The molecule has 3 rings (SSSR count). The lowest BCUT2D eigenvalue weighted by Crippen LogP contribution is -1.99. The first-order valence-electron chi connectivity index (χ1n) is 6.31. The van der Waals surface area contributed by atoms with E-state index >= 15 is 0 Å². The lowest BCUT2D eigenvalue weighted by Gasteiger charge is -2.06. The van der Waals surface area contributed by atoms with Crippen molar-refractivity contribution in [3.05, 3.63) is 52.7 Å². The zero-order valence-electron chi connectivity index (χ0n) is 11.2. The van der Waals surface area contributed by atoms with Crippen LogP contribution in [0.25, 0.3) is 10.2 Å². The minimum Gasteiger partial charge on any atom is -0.477 e. The van der Waals surface area contributed by atoms with Gasteiger partial charge in [0.15, 0.2) is 0 Å². The largest absolute Gasteiger partial charge is 0.477 e. The zero-order valence-corrected chi connectivity index (χ0v) is 12.1. The molecule has 0 bridgehead atoms. The van der Waals surface area contributed by atoms with Crippen molar-refractivity contribution in [2.24, 2.45) is 0 Å². The number of aromatic carboxylic acids is 1. The highest BCUT2D eigenvalue weighted by atomic mass is 32.1. The highest BCUT2D eigenvalue weighted by Gasteiger charge is 2.19. The van der Waals surface area contributed by atoms with Gasteiger partial charge in [0.2, 0.25) is 5.88 Å². The fourth-order valence-electron chi connectivity index (χ4n) is 2.08. The molecule has 0 saturated carbocycles. The summed E-state index contributed by atoms with van der Waals surface area (Å²) in [6.07, 6.45) is 1.39. The van der Waals surface area contributed by atoms with Crippen LogP contribution in [0.4, 0.5) is 0 Å². The van der Waals surface area contributed by atoms with Gasteiger partial charge in [-0.1, -0.05) is 30.3 Å². The van der Waals surface area contributed by atoms with E-state index in [4.69, 9.17) is 4.74 Å². The number of hydrogen-bond donors (Lipinski definition) is 1. The van der Waals surface area contributed by atoms with Gasteiger partial charge in [-0.05, 0) is 18.1 Å². The van der Waals surface area contributed by atoms with Crippen molar-refractivity contribution in [2.45, 2.75) is 13.5 Å². The Hall–Kier alpha value is -2.47. The summed E-state index contributed by atoms with van der Waals surface area (Å²) in [6, 6.07) is 9.73. The Bertz CT molecular complexity index is 799. The first kappa shape index (κ1) is 13.5. The van der Waals surface area contributed by atoms with Gasteiger partial charge < -0.3 is 9.84 Å². The Kier molecular flexibility index (Phi) is 3.53. The molecule has 0 aliphatic rings. The smallest absolute Gasteiger partial charge is 0.346 e. The van der Waals surface area contributed by atoms with Crippen LogP contribution in [0.5, 0.6) is 5.88 Å². The molecular formula is C15H12N2O3S. The van der Waals surface area contributed by atoms with Gasteiger partial charge in [-0.3, -0.25) is 0 Å². The van der Waals surface area contributed by atoms with E-state index in [2.05, 4.69) is 9.97 Å². The van der Waals surface area contributed by atoms with Crippen molar-refractivity contribution < 1.29 is 14.6 Å². The maximum atomic E-state index is 11.2. The molecule has 0 aliphatic carbocycles. The predicted molar refractivity (Wildman–Crippen MR) is 79.9 cm³/mol. The van der Waals surface area contributed by atoms with Crippen LogP contribution >= 0.6 is 11.3 Å². The summed E-state index contributed by atoms with van der Waals surface area (Å²) < 4.78 is 5.74. The maximum Gasteiger partial charge on any atom is 0.346 e. The fourth-order valence-corrected chi connectivity index (χ4v) is 3.06. The molecule has 0 amide bonds. The third kappa shape index (κ3) is 2.57. The number of carbonyl (C=O) groups is 1. The van der Waals surface area contributed by atoms with E-state index in [1.807, 2.05) is 30.3 Å². The molecule has 0 fully saturated rings. The molecule has 1 aromatic carbocycles. The monoisotopic (exact) mass is 300 g/mol. The van der Waals surface area contributed by atoms with E-state index in [1.165, 1.54) is 6.33 Å². The number of fused-ring (bicyclic) bond motifs is 1. The molecule has 0 saturated heterocycles. The predicted octanol–water partition coefficient (Wildman–Crippen LogP) is 3.28. The first-order valence-corrected chi connectivity index (χ1v) is 7.12. The molecule has 5 nitrogen and oxygen atoms in total. The second-order valence-corrected chi connectivity index (χ2v) is 5.49. The molecule has 21 heavy (non-hydrogen) atoms. The molecule has 0 unspecified atom stereocenters. The Morgan fingerprint density at radius 1 is 1.29 bits per heavy atom. The van der Waals surface area contributed by atoms with Crippen molar-refractivity contribution >= 4 is 27.5 Å². The highest BCUT2D eigenvalue weighted by molar-refractivity contribution is 7.20. The number of carboxylic acid groups (broad SMARTS) is 1. The van der Waals surface area contributed by atoms with Crippen LogP contribution in [0.15, 0.2) is 36.7 Å². The molecule has 3 aromatic rings. The maximum absolute atomic E-state index is 11.2. The highest BCUT2D eigenvalue weighted by Crippen LogP contribution is 2.34. The van der Waals surface area contributed by atoms with E-state index in [9.17, 15) is 9.90 Å². The quantitative estimate of drug-likeness (QED) is 0.800. The van der Waals surface area contributed by atoms with Crippen LogP contribution in [-0.4, -0.2) is 21.0 Å². The molecule has 106 valence electrons. The molecule has 2 heterocycles. The third-order valence-corrected chi connectivity index (χ3v) is 4.29. The zero-order chi connectivity index (χ0) is 14.8. The van der Waals surface area contributed by atoms with Gasteiger partial charge in [-0.25, -0.2) is 14.8 Å². The molecule has 0 atom stereocenters. The minimum absolute atomic E-state index is 0.273. The Labute approximate surface area is 124 Å². The number of carboxylic acids is 1. The van der Waals surface area contributed by atoms with E-state index in [1.54, 1.807) is 6.92 Å². The van der Waals surface area contributed by atoms with E-state index in [-0.39, 0.29) is 4.88 Å². The summed E-state index contributed by atoms with van der Waals surface area (Å²) in [6.45, 7) is 2.13. The van der Waals surface area contributed by atoms with Crippen LogP contribution < -0.4 is 4.74 Å². The minimum atomic E-state index is -0.954. The van der Waals surface area contributed by atoms with Crippen LogP contribution in [-0.2, 0) is 6.61 Å². The van der Waals surface area contributed by atoms with Crippen LogP contribution in [0.1, 0.15) is 20.8 Å². The van der Waals surface area contributed by atoms with Crippen LogP contribution in [0.3, 0.4) is 0 Å². The second kappa shape index (κ2) is 5.49. The number of nitrogens with zero attached hydrogens (tertiary/aromatic N) is 2. The van der Waals surface area contributed by atoms with Crippen LogP contribution in [0.2, 0.25) is 0 Å². The van der Waals surface area contributed by atoms with Crippen molar-refractivity contribution in [1.29, 1.82) is 0 Å². The summed E-state index contributed by atoms with van der Waals surface area (Å²) in [7, 11) is 0. The summed E-state index contributed by atoms with van der Waals surface area (Å²) in [5.41, 5.74) is 1.67. The van der Waals surface area contributed by atoms with Gasteiger partial charge in [-0.2, -0.15) is 0 Å². The molecule has 0 aliphatic heterocycles. The number of rotatable bonds is 4. The number of aryl methyl sites for hydroxylation is 1. The number of aromatic nitrogens is 2. The Morgan fingerprint density at radius 3 is 2.76 bits per heavy atom. The fraction of sp³-hybridized carbons (Fsp3) is 0.133. The molecule has 1 N–H and O–H groups in total. The van der Waals surface area contributed by atoms with Crippen molar-refractivity contribution in [2.75, 3.05) is 0 Å². The third-order valence-electron chi connectivity index (χ3n) is 3.10. The SMILES string of the molecule is Cc1c(C(=O)O)sc2ncnc(OCc3ccccc3)c12. The van der Waals surface area contributed by atoms with Gasteiger partial charge in [-0.15, -0.1) is 11.3 Å². The standard InChI is InChI=1S/C15H12N2O3S/c1-9-11-13(20-7-10-5-3-2-4-6-10)16-8-17-14(11)21-12(9)15(18)19/h2-6,8H,7H2,1H3,(H,18,19). The van der Waals surface area contributed by atoms with Gasteiger partial charge in [0.05, 0.1) is 5.39 Å². The lowest BCUT2D eigenvalue weighted by molar-refractivity contribution is 0.0701. The van der Waals surface area contributed by atoms with E-state index in [0.29, 0.717) is 28.3 Å². The van der Waals surface area contributed by atoms with Crippen molar-refractivity contribution in [3.63, 3.8) is 0 Å². The first-order chi connectivity index (χ1) is 10.2. The average molecular weight is 300 g/mol. The molecule has 0 spiro atoms. The van der Waals surface area contributed by atoms with Crippen molar-refractivity contribution in [1.82, 2.24) is 9.97 Å². The topological polar surface area (TPSA) is 72.3 Å². The normalized spacial score (nSPS) is 10.7. The summed E-state index contributed by atoms with van der Waals surface area (Å²) in [5.74, 6) is -0.533. The number of thiophene rings is 1. The Morgan fingerprint density at radius 2 is 2.05 bits per heavy atom. The summed E-state index contributed by atoms with van der Waals surface area (Å²) in [4.78, 5) is 20.4.